The average Bonchev–Trinajstić information content (AvgIpc) is 3.30. The van der Waals surface area contributed by atoms with Crippen LogP contribution in [0.2, 0.25) is 4.34 Å². The number of benzene rings is 1. The molecular formula is C23H23ClF6N4O5S. The number of hydrogen-bond acceptors (Lipinski definition) is 7. The number of ether oxygens (including phenoxy) is 2. The van der Waals surface area contributed by atoms with E-state index < -0.39 is 68.6 Å². The van der Waals surface area contributed by atoms with Crippen LogP contribution < -0.4 is 20.3 Å². The van der Waals surface area contributed by atoms with Crippen molar-refractivity contribution in [3.8, 4) is 5.75 Å². The molecule has 3 rings (SSSR count). The fraction of sp³-hybridized carbons (Fsp3) is 0.435. The van der Waals surface area contributed by atoms with Gasteiger partial charge < -0.3 is 25.0 Å². The Balaban J connectivity index is 1.86. The molecule has 1 aromatic carbocycles. The van der Waals surface area contributed by atoms with Gasteiger partial charge in [-0.25, -0.2) is 17.6 Å². The van der Waals surface area contributed by atoms with Crippen LogP contribution >= 0.6 is 22.9 Å². The molecule has 2 heterocycles. The average molecular weight is 617 g/mol. The van der Waals surface area contributed by atoms with Crippen LogP contribution in [0.15, 0.2) is 30.3 Å². The molecule has 0 spiro atoms. The summed E-state index contributed by atoms with van der Waals surface area (Å²) in [6.07, 6.45) is -6.20. The Hall–Kier alpha value is -3.08. The second-order valence-corrected chi connectivity index (χ2v) is 9.93. The second-order valence-electron chi connectivity index (χ2n) is 8.21. The van der Waals surface area contributed by atoms with Gasteiger partial charge in [-0.2, -0.15) is 8.78 Å². The lowest BCUT2D eigenvalue weighted by atomic mass is 10.1. The highest BCUT2D eigenvalue weighted by Gasteiger charge is 2.32. The fourth-order valence-corrected chi connectivity index (χ4v) is 4.75. The second kappa shape index (κ2) is 14.5. The van der Waals surface area contributed by atoms with E-state index in [1.807, 2.05) is 0 Å². The molecule has 1 fully saturated rings. The smallest absolute Gasteiger partial charge is 0.387 e. The Morgan fingerprint density at radius 3 is 2.38 bits per heavy atom. The van der Waals surface area contributed by atoms with E-state index in [0.29, 0.717) is 4.90 Å². The Bertz CT molecular complexity index is 1180. The van der Waals surface area contributed by atoms with E-state index in [-0.39, 0.29) is 40.3 Å². The number of alkyl halides is 6. The van der Waals surface area contributed by atoms with Crippen LogP contribution in [0.4, 0.5) is 37.7 Å². The number of hydrogen-bond donors (Lipinski definition) is 2. The summed E-state index contributed by atoms with van der Waals surface area (Å²) >= 11 is 6.70. The zero-order chi connectivity index (χ0) is 29.4. The number of halogens is 7. The first-order chi connectivity index (χ1) is 18.9. The van der Waals surface area contributed by atoms with E-state index in [1.54, 1.807) is 0 Å². The van der Waals surface area contributed by atoms with Gasteiger partial charge in [0.2, 0.25) is 5.91 Å². The number of carbonyl (C=O) groups excluding carboxylic acids is 3. The number of carbonyl (C=O) groups is 3. The summed E-state index contributed by atoms with van der Waals surface area (Å²) < 4.78 is 89.0. The summed E-state index contributed by atoms with van der Waals surface area (Å²) in [5.74, 6) is -2.83. The fourth-order valence-electron chi connectivity index (χ4n) is 3.79. The molecule has 3 amide bonds. The van der Waals surface area contributed by atoms with E-state index in [0.717, 1.165) is 22.3 Å². The maximum atomic E-state index is 13.2. The van der Waals surface area contributed by atoms with Gasteiger partial charge in [-0.15, -0.1) is 11.3 Å². The minimum Gasteiger partial charge on any atom is -0.433 e. The number of anilines is 2. The van der Waals surface area contributed by atoms with Crippen molar-refractivity contribution in [1.29, 1.82) is 0 Å². The maximum Gasteiger partial charge on any atom is 0.387 e. The highest BCUT2D eigenvalue weighted by molar-refractivity contribution is 7.18. The minimum atomic E-state index is -3.30. The summed E-state index contributed by atoms with van der Waals surface area (Å²) in [5, 5.41) is 4.64. The van der Waals surface area contributed by atoms with Crippen molar-refractivity contribution >= 4 is 52.0 Å². The van der Waals surface area contributed by atoms with E-state index >= 15 is 0 Å². The summed E-state index contributed by atoms with van der Waals surface area (Å²) in [4.78, 5) is 39.6. The molecule has 2 aromatic rings. The number of thiophene rings is 1. The van der Waals surface area contributed by atoms with E-state index in [4.69, 9.17) is 16.3 Å². The highest BCUT2D eigenvalue weighted by Crippen LogP contribution is 2.34. The SMILES string of the molecule is O=C(NC[C@H](C(=O)Nc1ccc(N2CCOCC2=O)c(OC(F)F)c1)N(CC(F)F)CC(F)F)c1ccc(Cl)s1. The Kier molecular flexibility index (Phi) is 11.4. The summed E-state index contributed by atoms with van der Waals surface area (Å²) in [7, 11) is 0. The van der Waals surface area contributed by atoms with Crippen LogP contribution in [0.5, 0.6) is 5.75 Å². The molecule has 1 saturated heterocycles. The van der Waals surface area contributed by atoms with Gasteiger partial charge in [0, 0.05) is 24.8 Å². The van der Waals surface area contributed by atoms with E-state index in [9.17, 15) is 40.7 Å². The van der Waals surface area contributed by atoms with Crippen LogP contribution in [0, 0.1) is 0 Å². The number of rotatable bonds is 13. The molecule has 0 saturated carbocycles. The van der Waals surface area contributed by atoms with Gasteiger partial charge >= 0.3 is 6.61 Å². The van der Waals surface area contributed by atoms with Crippen molar-refractivity contribution in [2.75, 3.05) is 49.6 Å². The van der Waals surface area contributed by atoms with Crippen LogP contribution in [0.1, 0.15) is 9.67 Å². The standard InChI is InChI=1S/C23H23ClF6N4O5S/c24-17-4-3-16(40-17)22(37)31-8-14(33(9-18(25)26)10-19(27)28)21(36)32-12-1-2-13(15(7-12)39-23(29)30)34-5-6-38-11-20(34)35/h1-4,7,14,18-19,23H,5-6,8-11H2,(H,31,37)(H,32,36)/t14-/m1/s1. The van der Waals surface area contributed by atoms with Crippen molar-refractivity contribution in [3.63, 3.8) is 0 Å². The highest BCUT2D eigenvalue weighted by atomic mass is 35.5. The molecule has 220 valence electrons. The van der Waals surface area contributed by atoms with Gasteiger partial charge in [0.1, 0.15) is 12.6 Å². The summed E-state index contributed by atoms with van der Waals surface area (Å²) in [6, 6.07) is 4.49. The van der Waals surface area contributed by atoms with Crippen molar-refractivity contribution in [3.05, 3.63) is 39.5 Å². The van der Waals surface area contributed by atoms with E-state index in [1.165, 1.54) is 24.3 Å². The molecule has 1 aliphatic rings. The number of morpholine rings is 1. The molecule has 1 aromatic heterocycles. The normalized spacial score (nSPS) is 14.8. The lowest BCUT2D eigenvalue weighted by Crippen LogP contribution is -2.53. The minimum absolute atomic E-state index is 0.0393. The summed E-state index contributed by atoms with van der Waals surface area (Å²) in [5.41, 5.74) is -0.206. The van der Waals surface area contributed by atoms with Crippen LogP contribution in [0.25, 0.3) is 0 Å². The number of amides is 3. The van der Waals surface area contributed by atoms with Crippen molar-refractivity contribution in [2.24, 2.45) is 0 Å². The Morgan fingerprint density at radius 2 is 1.80 bits per heavy atom. The third kappa shape index (κ3) is 8.97. The van der Waals surface area contributed by atoms with Crippen molar-refractivity contribution in [1.82, 2.24) is 10.2 Å². The molecule has 0 unspecified atom stereocenters. The van der Waals surface area contributed by atoms with Crippen molar-refractivity contribution in [2.45, 2.75) is 25.5 Å². The molecule has 17 heteroatoms. The topological polar surface area (TPSA) is 100 Å². The molecule has 0 aliphatic carbocycles. The first-order valence-electron chi connectivity index (χ1n) is 11.6. The monoisotopic (exact) mass is 616 g/mol. The van der Waals surface area contributed by atoms with Gasteiger partial charge in [0.05, 0.1) is 34.6 Å². The van der Waals surface area contributed by atoms with E-state index in [2.05, 4.69) is 15.4 Å². The number of nitrogens with one attached hydrogen (secondary N) is 2. The Labute approximate surface area is 232 Å². The van der Waals surface area contributed by atoms with Gasteiger partial charge in [-0.1, -0.05) is 11.6 Å². The van der Waals surface area contributed by atoms with Crippen LogP contribution in [-0.2, 0) is 14.3 Å². The van der Waals surface area contributed by atoms with Gasteiger partial charge in [-0.3, -0.25) is 19.3 Å². The third-order valence-corrected chi connectivity index (χ3v) is 6.69. The van der Waals surface area contributed by atoms with Crippen molar-refractivity contribution < 1.29 is 50.2 Å². The zero-order valence-corrected chi connectivity index (χ0v) is 22.0. The van der Waals surface area contributed by atoms with Gasteiger partial charge in [-0.05, 0) is 24.3 Å². The molecular weight excluding hydrogens is 594 g/mol. The Morgan fingerprint density at radius 1 is 1.10 bits per heavy atom. The molecule has 1 aliphatic heterocycles. The molecule has 40 heavy (non-hydrogen) atoms. The quantitative estimate of drug-likeness (QED) is 0.331. The number of nitrogens with zero attached hydrogens (tertiary/aromatic N) is 2. The lowest BCUT2D eigenvalue weighted by molar-refractivity contribution is -0.126. The molecule has 2 N–H and O–H groups in total. The molecule has 9 nitrogen and oxygen atoms in total. The van der Waals surface area contributed by atoms with Crippen LogP contribution in [-0.4, -0.2) is 87.5 Å². The molecule has 0 radical (unpaired) electrons. The maximum absolute atomic E-state index is 13.2. The predicted molar refractivity (Wildman–Crippen MR) is 134 cm³/mol. The largest absolute Gasteiger partial charge is 0.433 e. The van der Waals surface area contributed by atoms with Gasteiger partial charge in [0.15, 0.2) is 5.75 Å². The summed E-state index contributed by atoms with van der Waals surface area (Å²) in [6.45, 7) is -6.52. The molecule has 1 atom stereocenters. The van der Waals surface area contributed by atoms with Crippen LogP contribution in [0.3, 0.4) is 0 Å². The van der Waals surface area contributed by atoms with Gasteiger partial charge in [0.25, 0.3) is 24.7 Å². The first-order valence-corrected chi connectivity index (χ1v) is 12.8. The first kappa shape index (κ1) is 31.4. The zero-order valence-electron chi connectivity index (χ0n) is 20.4. The third-order valence-electron chi connectivity index (χ3n) is 5.46. The lowest BCUT2D eigenvalue weighted by Gasteiger charge is -2.31. The molecule has 0 bridgehead atoms. The predicted octanol–water partition coefficient (Wildman–Crippen LogP) is 3.94.